The molecule has 0 aliphatic heterocycles. The molecule has 4 nitrogen and oxygen atoms in total. The molecule has 0 aromatic heterocycles. The molecule has 39 heavy (non-hydrogen) atoms. The van der Waals surface area contributed by atoms with Gasteiger partial charge < -0.3 is 13.6 Å². The van der Waals surface area contributed by atoms with Gasteiger partial charge in [-0.15, -0.1) is 0 Å². The smallest absolute Gasteiger partial charge is 0.192 e. The zero-order valence-corrected chi connectivity index (χ0v) is 29.0. The predicted octanol–water partition coefficient (Wildman–Crippen LogP) is 9.80. The molecule has 0 fully saturated rings. The molecule has 1 rings (SSSR count). The molecule has 1 aromatic carbocycles. The third-order valence-electron chi connectivity index (χ3n) is 9.49. The maximum atomic E-state index is 13.0. The van der Waals surface area contributed by atoms with E-state index in [0.717, 1.165) is 37.4 Å². The van der Waals surface area contributed by atoms with E-state index in [0.29, 0.717) is 37.8 Å². The van der Waals surface area contributed by atoms with Crippen LogP contribution in [0.1, 0.15) is 100.0 Å². The Morgan fingerprint density at radius 3 is 1.56 bits per heavy atom. The van der Waals surface area contributed by atoms with Crippen molar-refractivity contribution in [3.63, 3.8) is 0 Å². The lowest BCUT2D eigenvalue weighted by Crippen LogP contribution is -2.44. The molecule has 0 unspecified atom stereocenters. The summed E-state index contributed by atoms with van der Waals surface area (Å²) in [6.07, 6.45) is 4.41. The summed E-state index contributed by atoms with van der Waals surface area (Å²) in [4.78, 5) is 13.0. The first kappa shape index (κ1) is 36.2. The lowest BCUT2D eigenvalue weighted by atomic mass is 9.93. The van der Waals surface area contributed by atoms with Crippen LogP contribution < -0.4 is 0 Å². The van der Waals surface area contributed by atoms with Gasteiger partial charge in [0.15, 0.2) is 16.6 Å². The van der Waals surface area contributed by atoms with Gasteiger partial charge >= 0.3 is 0 Å². The Kier molecular flexibility index (Phi) is 18.0. The molecule has 0 saturated heterocycles. The molecule has 0 aliphatic carbocycles. The van der Waals surface area contributed by atoms with Gasteiger partial charge in [-0.1, -0.05) is 92.6 Å². The van der Waals surface area contributed by atoms with E-state index in [4.69, 9.17) is 13.6 Å². The van der Waals surface area contributed by atoms with Crippen LogP contribution in [0.5, 0.6) is 0 Å². The maximum Gasteiger partial charge on any atom is 0.192 e. The SMILES string of the molecule is CC[C@@H](O[Si](CC)(CC)CC)[C@@H](C)CCC(=O)CC[C@@H](C)[C@@H](COCc1ccccc1)O[Si](CC)(CC)CC. The largest absolute Gasteiger partial charge is 0.414 e. The van der Waals surface area contributed by atoms with Crippen molar-refractivity contribution in [2.24, 2.45) is 11.8 Å². The van der Waals surface area contributed by atoms with Crippen molar-refractivity contribution < 1.29 is 18.4 Å². The summed E-state index contributed by atoms with van der Waals surface area (Å²) < 4.78 is 19.9. The van der Waals surface area contributed by atoms with Gasteiger partial charge in [0.05, 0.1) is 19.3 Å². The van der Waals surface area contributed by atoms with E-state index in [1.54, 1.807) is 0 Å². The van der Waals surface area contributed by atoms with E-state index >= 15 is 0 Å². The van der Waals surface area contributed by atoms with Crippen LogP contribution in [0.4, 0.5) is 0 Å². The highest BCUT2D eigenvalue weighted by Crippen LogP contribution is 2.30. The fourth-order valence-electron chi connectivity index (χ4n) is 5.70. The van der Waals surface area contributed by atoms with Crippen LogP contribution >= 0.6 is 0 Å². The van der Waals surface area contributed by atoms with E-state index in [1.807, 2.05) is 6.07 Å². The van der Waals surface area contributed by atoms with E-state index in [9.17, 15) is 4.79 Å². The topological polar surface area (TPSA) is 44.8 Å². The number of hydrogen-bond acceptors (Lipinski definition) is 4. The van der Waals surface area contributed by atoms with Crippen LogP contribution in [-0.2, 0) is 25.0 Å². The Morgan fingerprint density at radius 2 is 1.13 bits per heavy atom. The number of hydrogen-bond donors (Lipinski definition) is 0. The first-order valence-electron chi connectivity index (χ1n) is 16.2. The van der Waals surface area contributed by atoms with Gasteiger partial charge in [0, 0.05) is 18.9 Å². The fraction of sp³-hybridized carbons (Fsp3) is 0.788. The zero-order chi connectivity index (χ0) is 29.3. The fourth-order valence-corrected chi connectivity index (χ4v) is 11.7. The van der Waals surface area contributed by atoms with E-state index < -0.39 is 16.6 Å². The summed E-state index contributed by atoms with van der Waals surface area (Å²) in [7, 11) is -3.41. The summed E-state index contributed by atoms with van der Waals surface area (Å²) in [6.45, 7) is 21.6. The molecule has 0 N–H and O–H groups in total. The Labute approximate surface area is 244 Å². The zero-order valence-electron chi connectivity index (χ0n) is 27.0. The standard InChI is InChI=1S/C33H62O4Si2/c1-10-32(36-38(11-2,12-3)13-4)28(8)22-24-31(34)25-23-29(9)33(37-39(14-5,15-6)16-7)27-35-26-30-20-18-17-19-21-30/h17-21,28-29,32-33H,10-16,22-27H2,1-9H3/t28-,29+,32+,33+/m0/s1. The molecule has 0 heterocycles. The number of benzene rings is 1. The molecule has 0 spiro atoms. The van der Waals surface area contributed by atoms with E-state index in [2.05, 4.69) is 86.6 Å². The van der Waals surface area contributed by atoms with Crippen molar-refractivity contribution in [1.29, 1.82) is 0 Å². The molecule has 0 bridgehead atoms. The minimum Gasteiger partial charge on any atom is -0.414 e. The molecular formula is C33H62O4Si2. The first-order chi connectivity index (χ1) is 18.7. The van der Waals surface area contributed by atoms with Gasteiger partial charge in [-0.05, 0) is 72.9 Å². The summed E-state index contributed by atoms with van der Waals surface area (Å²) in [5, 5.41) is 0. The van der Waals surface area contributed by atoms with Crippen molar-refractivity contribution in [1.82, 2.24) is 0 Å². The minimum absolute atomic E-state index is 0.0417. The lowest BCUT2D eigenvalue weighted by Gasteiger charge is -2.36. The quantitative estimate of drug-likeness (QED) is 0.121. The number of rotatable bonds is 23. The summed E-state index contributed by atoms with van der Waals surface area (Å²) in [5.74, 6) is 1.08. The maximum absolute atomic E-state index is 13.0. The third-order valence-corrected chi connectivity index (χ3v) is 18.8. The van der Waals surface area contributed by atoms with E-state index in [-0.39, 0.29) is 18.1 Å². The second-order valence-electron chi connectivity index (χ2n) is 11.8. The Morgan fingerprint density at radius 1 is 0.692 bits per heavy atom. The average molecular weight is 579 g/mol. The van der Waals surface area contributed by atoms with Crippen molar-refractivity contribution >= 4 is 22.4 Å². The van der Waals surface area contributed by atoms with Gasteiger partial charge in [-0.2, -0.15) is 0 Å². The first-order valence-corrected chi connectivity index (χ1v) is 21.2. The molecule has 6 heteroatoms. The summed E-state index contributed by atoms with van der Waals surface area (Å²) in [6, 6.07) is 17.2. The van der Waals surface area contributed by atoms with Crippen LogP contribution in [-0.4, -0.2) is 41.2 Å². The van der Waals surface area contributed by atoms with Gasteiger partial charge in [0.1, 0.15) is 5.78 Å². The Hall–Kier alpha value is -0.796. The van der Waals surface area contributed by atoms with Crippen LogP contribution in [0.25, 0.3) is 0 Å². The van der Waals surface area contributed by atoms with Crippen molar-refractivity contribution in [2.45, 2.75) is 149 Å². The number of carbonyl (C=O) groups is 1. The third kappa shape index (κ3) is 12.3. The molecule has 0 aliphatic rings. The average Bonchev–Trinajstić information content (AvgIpc) is 2.98. The molecule has 0 saturated carbocycles. The molecule has 226 valence electrons. The molecular weight excluding hydrogens is 517 g/mol. The van der Waals surface area contributed by atoms with Gasteiger partial charge in [-0.3, -0.25) is 4.79 Å². The van der Waals surface area contributed by atoms with Crippen LogP contribution in [0.2, 0.25) is 36.3 Å². The normalized spacial score (nSPS) is 15.6. The summed E-state index contributed by atoms with van der Waals surface area (Å²) in [5.41, 5.74) is 1.18. The van der Waals surface area contributed by atoms with Crippen LogP contribution in [0.15, 0.2) is 30.3 Å². The van der Waals surface area contributed by atoms with Gasteiger partial charge in [0.25, 0.3) is 0 Å². The Balaban J connectivity index is 2.70. The highest BCUT2D eigenvalue weighted by atomic mass is 28.4. The second kappa shape index (κ2) is 19.3. The van der Waals surface area contributed by atoms with E-state index in [1.165, 1.54) is 23.7 Å². The predicted molar refractivity (Wildman–Crippen MR) is 172 cm³/mol. The lowest BCUT2D eigenvalue weighted by molar-refractivity contribution is -0.120. The molecule has 0 radical (unpaired) electrons. The minimum atomic E-state index is -1.78. The van der Waals surface area contributed by atoms with Gasteiger partial charge in [-0.25, -0.2) is 0 Å². The van der Waals surface area contributed by atoms with Crippen molar-refractivity contribution in [3.8, 4) is 0 Å². The van der Waals surface area contributed by atoms with Crippen molar-refractivity contribution in [3.05, 3.63) is 35.9 Å². The summed E-state index contributed by atoms with van der Waals surface area (Å²) >= 11 is 0. The monoisotopic (exact) mass is 578 g/mol. The Bertz CT molecular complexity index is 748. The number of ether oxygens (including phenoxy) is 1. The molecule has 4 atom stereocenters. The van der Waals surface area contributed by atoms with Crippen LogP contribution in [0, 0.1) is 11.8 Å². The highest BCUT2D eigenvalue weighted by molar-refractivity contribution is 6.74. The van der Waals surface area contributed by atoms with Crippen LogP contribution in [0.3, 0.4) is 0 Å². The molecule has 1 aromatic rings. The highest BCUT2D eigenvalue weighted by Gasteiger charge is 2.35. The molecule has 0 amide bonds. The van der Waals surface area contributed by atoms with Gasteiger partial charge in [0.2, 0.25) is 0 Å². The van der Waals surface area contributed by atoms with Crippen molar-refractivity contribution in [2.75, 3.05) is 6.61 Å². The second-order valence-corrected chi connectivity index (χ2v) is 21.2. The number of ketones is 1. The number of carbonyl (C=O) groups excluding carboxylic acids is 1. The number of Topliss-reactive ketones (excluding diaryl/α,β-unsaturated/α-hetero) is 1.